The minimum Gasteiger partial charge on any atom is -0.472 e. The minimum absolute atomic E-state index is 0.301. The van der Waals surface area contributed by atoms with Gasteiger partial charge in [-0.15, -0.1) is 11.8 Å². The van der Waals surface area contributed by atoms with E-state index in [-0.39, 0.29) is 0 Å². The molecule has 3 aromatic rings. The van der Waals surface area contributed by atoms with Crippen molar-refractivity contribution in [3.63, 3.8) is 0 Å². The number of hydrogen-bond donors (Lipinski definition) is 0. The van der Waals surface area contributed by atoms with Gasteiger partial charge in [0.15, 0.2) is 9.84 Å². The van der Waals surface area contributed by atoms with Gasteiger partial charge in [0, 0.05) is 11.2 Å². The molecule has 0 aliphatic carbocycles. The zero-order valence-electron chi connectivity index (χ0n) is 11.6. The summed E-state index contributed by atoms with van der Waals surface area (Å²) in [6.45, 7) is 0. The van der Waals surface area contributed by atoms with Gasteiger partial charge in [-0.25, -0.2) is 8.42 Å². The molecule has 0 aliphatic heterocycles. The fourth-order valence-electron chi connectivity index (χ4n) is 1.84. The quantitative estimate of drug-likeness (QED) is 0.662. The summed E-state index contributed by atoms with van der Waals surface area (Å²) in [5.74, 6) is 1.25. The van der Waals surface area contributed by atoms with Crippen molar-refractivity contribution >= 4 is 21.6 Å². The fourth-order valence-corrected chi connectivity index (χ4v) is 4.01. The van der Waals surface area contributed by atoms with Crippen LogP contribution in [0.1, 0.15) is 5.89 Å². The van der Waals surface area contributed by atoms with Gasteiger partial charge in [0.1, 0.15) is 6.26 Å². The van der Waals surface area contributed by atoms with Crippen LogP contribution in [0.4, 0.5) is 0 Å². The third-order valence-electron chi connectivity index (χ3n) is 2.85. The van der Waals surface area contributed by atoms with E-state index in [1.165, 1.54) is 30.5 Å². The highest BCUT2D eigenvalue weighted by Crippen LogP contribution is 2.29. The number of furan rings is 1. The number of aromatic nitrogens is 2. The monoisotopic (exact) mass is 336 g/mol. The molecular weight excluding hydrogens is 324 g/mol. The van der Waals surface area contributed by atoms with Crippen molar-refractivity contribution in [1.82, 2.24) is 10.1 Å². The summed E-state index contributed by atoms with van der Waals surface area (Å²) in [6, 6.07) is 8.57. The Morgan fingerprint density at radius 3 is 2.77 bits per heavy atom. The van der Waals surface area contributed by atoms with Gasteiger partial charge in [-0.1, -0.05) is 17.3 Å². The molecule has 0 aliphatic rings. The standard InChI is InChI=1S/C14H12N2O4S2/c1-22(17,18)12-5-3-2-4-11(12)21-9-13-15-14(16-20-13)10-6-7-19-8-10/h2-8H,9H2,1H3. The normalized spacial score (nSPS) is 11.7. The van der Waals surface area contributed by atoms with Crippen LogP contribution in [0.25, 0.3) is 11.4 Å². The van der Waals surface area contributed by atoms with E-state index < -0.39 is 9.84 Å². The van der Waals surface area contributed by atoms with Gasteiger partial charge in [0.05, 0.1) is 22.5 Å². The summed E-state index contributed by atoms with van der Waals surface area (Å²) >= 11 is 1.34. The molecule has 3 rings (SSSR count). The predicted molar refractivity (Wildman–Crippen MR) is 81.1 cm³/mol. The zero-order valence-corrected chi connectivity index (χ0v) is 13.2. The van der Waals surface area contributed by atoms with E-state index in [0.29, 0.717) is 27.3 Å². The fraction of sp³-hybridized carbons (Fsp3) is 0.143. The minimum atomic E-state index is -3.27. The molecule has 0 fully saturated rings. The Hall–Kier alpha value is -2.06. The van der Waals surface area contributed by atoms with E-state index in [0.717, 1.165) is 5.56 Å². The largest absolute Gasteiger partial charge is 0.472 e. The summed E-state index contributed by atoms with van der Waals surface area (Å²) in [6.07, 6.45) is 4.25. The molecule has 0 spiro atoms. The first-order chi connectivity index (χ1) is 10.5. The summed E-state index contributed by atoms with van der Waals surface area (Å²) in [4.78, 5) is 5.21. The highest BCUT2D eigenvalue weighted by atomic mass is 32.2. The molecule has 2 heterocycles. The lowest BCUT2D eigenvalue weighted by Gasteiger charge is -2.05. The first-order valence-corrected chi connectivity index (χ1v) is 9.19. The van der Waals surface area contributed by atoms with Crippen molar-refractivity contribution in [1.29, 1.82) is 0 Å². The van der Waals surface area contributed by atoms with Gasteiger partial charge in [0.2, 0.25) is 11.7 Å². The summed E-state index contributed by atoms with van der Waals surface area (Å²) in [5, 5.41) is 3.86. The van der Waals surface area contributed by atoms with Gasteiger partial charge in [-0.3, -0.25) is 0 Å². The molecule has 0 saturated heterocycles. The number of benzene rings is 1. The Balaban J connectivity index is 1.77. The molecule has 0 atom stereocenters. The maximum absolute atomic E-state index is 11.7. The van der Waals surface area contributed by atoms with Crippen LogP contribution in [0, 0.1) is 0 Å². The SMILES string of the molecule is CS(=O)(=O)c1ccccc1SCc1nc(-c2ccoc2)no1. The highest BCUT2D eigenvalue weighted by molar-refractivity contribution is 7.99. The molecule has 0 saturated carbocycles. The van der Waals surface area contributed by atoms with Crippen LogP contribution in [-0.4, -0.2) is 24.8 Å². The van der Waals surface area contributed by atoms with Crippen LogP contribution in [-0.2, 0) is 15.6 Å². The molecule has 2 aromatic heterocycles. The maximum atomic E-state index is 11.7. The summed E-state index contributed by atoms with van der Waals surface area (Å²) in [7, 11) is -3.27. The van der Waals surface area contributed by atoms with Crippen molar-refractivity contribution in [2.24, 2.45) is 0 Å². The van der Waals surface area contributed by atoms with Crippen LogP contribution in [0.5, 0.6) is 0 Å². The lowest BCUT2D eigenvalue weighted by Crippen LogP contribution is -1.99. The Morgan fingerprint density at radius 1 is 1.23 bits per heavy atom. The van der Waals surface area contributed by atoms with E-state index in [9.17, 15) is 8.42 Å². The van der Waals surface area contributed by atoms with Crippen LogP contribution in [0.3, 0.4) is 0 Å². The molecule has 0 amide bonds. The van der Waals surface area contributed by atoms with E-state index >= 15 is 0 Å². The molecule has 1 aromatic carbocycles. The number of sulfone groups is 1. The third-order valence-corrected chi connectivity index (χ3v) is 5.19. The van der Waals surface area contributed by atoms with Gasteiger partial charge < -0.3 is 8.94 Å². The number of nitrogens with zero attached hydrogens (tertiary/aromatic N) is 2. The number of thioether (sulfide) groups is 1. The highest BCUT2D eigenvalue weighted by Gasteiger charge is 2.15. The lowest BCUT2D eigenvalue weighted by molar-refractivity contribution is 0.391. The van der Waals surface area contributed by atoms with E-state index in [4.69, 9.17) is 8.94 Å². The molecule has 8 heteroatoms. The summed E-state index contributed by atoms with van der Waals surface area (Å²) in [5.41, 5.74) is 0.733. The molecule has 22 heavy (non-hydrogen) atoms. The second-order valence-electron chi connectivity index (χ2n) is 4.53. The summed E-state index contributed by atoms with van der Waals surface area (Å²) < 4.78 is 33.6. The second-order valence-corrected chi connectivity index (χ2v) is 7.53. The van der Waals surface area contributed by atoms with Crippen LogP contribution >= 0.6 is 11.8 Å². The Kier molecular flexibility index (Phi) is 4.04. The van der Waals surface area contributed by atoms with Gasteiger partial charge >= 0.3 is 0 Å². The molecule has 0 radical (unpaired) electrons. The third kappa shape index (κ3) is 3.23. The molecule has 6 nitrogen and oxygen atoms in total. The zero-order chi connectivity index (χ0) is 15.6. The maximum Gasteiger partial charge on any atom is 0.237 e. The Labute approximate surface area is 131 Å². The number of rotatable bonds is 5. The Morgan fingerprint density at radius 2 is 2.05 bits per heavy atom. The Bertz CT molecular complexity index is 870. The van der Waals surface area contributed by atoms with Crippen molar-refractivity contribution in [3.05, 3.63) is 48.7 Å². The van der Waals surface area contributed by atoms with E-state index in [2.05, 4.69) is 10.1 Å². The van der Waals surface area contributed by atoms with Crippen molar-refractivity contribution in [3.8, 4) is 11.4 Å². The molecule has 114 valence electrons. The van der Waals surface area contributed by atoms with Crippen LogP contribution < -0.4 is 0 Å². The molecule has 0 N–H and O–H groups in total. The van der Waals surface area contributed by atoms with Gasteiger partial charge in [-0.2, -0.15) is 4.98 Å². The smallest absolute Gasteiger partial charge is 0.237 e. The van der Waals surface area contributed by atoms with Crippen molar-refractivity contribution < 1.29 is 17.4 Å². The first kappa shape index (κ1) is 14.9. The second kappa shape index (κ2) is 5.98. The van der Waals surface area contributed by atoms with Crippen LogP contribution in [0.2, 0.25) is 0 Å². The van der Waals surface area contributed by atoms with Crippen molar-refractivity contribution in [2.45, 2.75) is 15.5 Å². The lowest BCUT2D eigenvalue weighted by atomic mass is 10.3. The predicted octanol–water partition coefficient (Wildman–Crippen LogP) is 3.03. The molecule has 0 bridgehead atoms. The average Bonchev–Trinajstić information content (AvgIpc) is 3.15. The number of hydrogen-bond acceptors (Lipinski definition) is 7. The van der Waals surface area contributed by atoms with E-state index in [1.54, 1.807) is 30.3 Å². The topological polar surface area (TPSA) is 86.2 Å². The van der Waals surface area contributed by atoms with Crippen LogP contribution in [0.15, 0.2) is 61.6 Å². The van der Waals surface area contributed by atoms with Crippen molar-refractivity contribution in [2.75, 3.05) is 6.26 Å². The van der Waals surface area contributed by atoms with Gasteiger partial charge in [0.25, 0.3) is 0 Å². The first-order valence-electron chi connectivity index (χ1n) is 6.31. The molecule has 0 unspecified atom stereocenters. The average molecular weight is 336 g/mol. The van der Waals surface area contributed by atoms with Gasteiger partial charge in [-0.05, 0) is 18.2 Å². The van der Waals surface area contributed by atoms with E-state index in [1.807, 2.05) is 0 Å². The molecular formula is C14H12N2O4S2.